The van der Waals surface area contributed by atoms with Crippen molar-refractivity contribution in [2.45, 2.75) is 13.5 Å². The van der Waals surface area contributed by atoms with Crippen LogP contribution in [0.2, 0.25) is 0 Å². The number of aromatic nitrogens is 1. The lowest BCUT2D eigenvalue weighted by atomic mass is 10.1. The third-order valence-corrected chi connectivity index (χ3v) is 4.20. The molecule has 0 N–H and O–H groups in total. The van der Waals surface area contributed by atoms with E-state index in [2.05, 4.69) is 36.2 Å². The molecule has 0 saturated heterocycles. The van der Waals surface area contributed by atoms with Crippen molar-refractivity contribution in [3.05, 3.63) is 87.7 Å². The predicted molar refractivity (Wildman–Crippen MR) is 88.9 cm³/mol. The molecule has 2 heterocycles. The van der Waals surface area contributed by atoms with Gasteiger partial charge >= 0.3 is 0 Å². The zero-order valence-electron chi connectivity index (χ0n) is 12.3. The van der Waals surface area contributed by atoms with Crippen molar-refractivity contribution in [3.63, 3.8) is 0 Å². The molecule has 4 heteroatoms. The number of carbonyl (C=O) groups excluding carboxylic acids is 1. The lowest BCUT2D eigenvalue weighted by molar-refractivity contribution is 0.100. The quantitative estimate of drug-likeness (QED) is 0.727. The first-order chi connectivity index (χ1) is 10.7. The Hall–Kier alpha value is -2.46. The minimum absolute atomic E-state index is 0.196. The van der Waals surface area contributed by atoms with E-state index < -0.39 is 0 Å². The average Bonchev–Trinajstić information content (AvgIpc) is 3.06. The van der Waals surface area contributed by atoms with Crippen molar-refractivity contribution in [1.82, 2.24) is 4.57 Å². The van der Waals surface area contributed by atoms with Crippen molar-refractivity contribution in [2.24, 2.45) is 4.99 Å². The number of hydrogen-bond acceptors (Lipinski definition) is 2. The molecule has 3 rings (SSSR count). The van der Waals surface area contributed by atoms with Gasteiger partial charge in [-0.15, -0.1) is 11.3 Å². The van der Waals surface area contributed by atoms with Gasteiger partial charge in [-0.05, 0) is 36.1 Å². The summed E-state index contributed by atoms with van der Waals surface area (Å²) in [5.41, 5.74) is 3.09. The SMILES string of the molecule is Cc1ccc(Cn2ccccc2=NC(=O)c2cccs2)cc1. The van der Waals surface area contributed by atoms with Crippen LogP contribution in [-0.4, -0.2) is 10.5 Å². The molecule has 3 aromatic rings. The number of hydrogen-bond donors (Lipinski definition) is 0. The van der Waals surface area contributed by atoms with E-state index in [0.717, 1.165) is 0 Å². The summed E-state index contributed by atoms with van der Waals surface area (Å²) in [5.74, 6) is -0.196. The van der Waals surface area contributed by atoms with Gasteiger partial charge in [-0.25, -0.2) is 0 Å². The largest absolute Gasteiger partial charge is 0.328 e. The first kappa shape index (κ1) is 14.5. The summed E-state index contributed by atoms with van der Waals surface area (Å²) in [6, 6.07) is 17.7. The molecule has 0 saturated carbocycles. The number of thiophene rings is 1. The molecule has 1 amide bonds. The standard InChI is InChI=1S/C18H16N2OS/c1-14-7-9-15(10-8-14)13-20-11-3-2-6-17(20)19-18(21)16-5-4-12-22-16/h2-12H,13H2,1H3. The summed E-state index contributed by atoms with van der Waals surface area (Å²) < 4.78 is 1.98. The lowest BCUT2D eigenvalue weighted by Gasteiger charge is -2.07. The van der Waals surface area contributed by atoms with Crippen molar-refractivity contribution < 1.29 is 4.79 Å². The molecule has 0 spiro atoms. The zero-order chi connectivity index (χ0) is 15.4. The fraction of sp³-hybridized carbons (Fsp3) is 0.111. The molecule has 0 fully saturated rings. The van der Waals surface area contributed by atoms with Gasteiger partial charge in [0.05, 0.1) is 4.88 Å². The molecule has 0 radical (unpaired) electrons. The van der Waals surface area contributed by atoms with Gasteiger partial charge in [-0.2, -0.15) is 4.99 Å². The Morgan fingerprint density at radius 1 is 1.09 bits per heavy atom. The van der Waals surface area contributed by atoms with Crippen LogP contribution in [0.5, 0.6) is 0 Å². The van der Waals surface area contributed by atoms with Crippen LogP contribution < -0.4 is 5.49 Å². The Labute approximate surface area is 133 Å². The van der Waals surface area contributed by atoms with Crippen LogP contribution in [0.3, 0.4) is 0 Å². The van der Waals surface area contributed by atoms with Gasteiger partial charge in [0.25, 0.3) is 5.91 Å². The monoisotopic (exact) mass is 308 g/mol. The number of amides is 1. The maximum Gasteiger partial charge on any atom is 0.289 e. The minimum atomic E-state index is -0.196. The second kappa shape index (κ2) is 6.54. The fourth-order valence-electron chi connectivity index (χ4n) is 2.15. The number of carbonyl (C=O) groups is 1. The molecular formula is C18H16N2OS. The van der Waals surface area contributed by atoms with Crippen LogP contribution in [0.4, 0.5) is 0 Å². The highest BCUT2D eigenvalue weighted by Gasteiger charge is 2.05. The first-order valence-corrected chi connectivity index (χ1v) is 7.94. The summed E-state index contributed by atoms with van der Waals surface area (Å²) in [5, 5.41) is 1.88. The molecule has 0 aliphatic rings. The van der Waals surface area contributed by atoms with Crippen LogP contribution >= 0.6 is 11.3 Å². The van der Waals surface area contributed by atoms with E-state index in [1.165, 1.54) is 22.5 Å². The molecule has 0 atom stereocenters. The Bertz CT molecular complexity index is 830. The zero-order valence-corrected chi connectivity index (χ0v) is 13.1. The average molecular weight is 308 g/mol. The van der Waals surface area contributed by atoms with Crippen LogP contribution in [0.15, 0.2) is 71.2 Å². The highest BCUT2D eigenvalue weighted by atomic mass is 32.1. The highest BCUT2D eigenvalue weighted by molar-refractivity contribution is 7.12. The molecule has 2 aromatic heterocycles. The Balaban J connectivity index is 1.93. The number of benzene rings is 1. The summed E-state index contributed by atoms with van der Waals surface area (Å²) >= 11 is 1.41. The maximum absolute atomic E-state index is 12.2. The van der Waals surface area contributed by atoms with Crippen LogP contribution in [-0.2, 0) is 6.54 Å². The van der Waals surface area contributed by atoms with Crippen LogP contribution in [0.25, 0.3) is 0 Å². The van der Waals surface area contributed by atoms with Crippen LogP contribution in [0.1, 0.15) is 20.8 Å². The Morgan fingerprint density at radius 3 is 2.64 bits per heavy atom. The highest BCUT2D eigenvalue weighted by Crippen LogP contribution is 2.09. The number of pyridine rings is 1. The van der Waals surface area contributed by atoms with E-state index >= 15 is 0 Å². The summed E-state index contributed by atoms with van der Waals surface area (Å²) in [6.45, 7) is 2.76. The van der Waals surface area contributed by atoms with E-state index in [-0.39, 0.29) is 5.91 Å². The topological polar surface area (TPSA) is 34.4 Å². The number of aryl methyl sites for hydroxylation is 1. The van der Waals surface area contributed by atoms with Gasteiger partial charge in [0.1, 0.15) is 5.49 Å². The van der Waals surface area contributed by atoms with Gasteiger partial charge in [-0.3, -0.25) is 4.79 Å². The maximum atomic E-state index is 12.2. The fourth-order valence-corrected chi connectivity index (χ4v) is 2.76. The summed E-state index contributed by atoms with van der Waals surface area (Å²) in [4.78, 5) is 17.1. The van der Waals surface area contributed by atoms with Gasteiger partial charge in [-0.1, -0.05) is 42.0 Å². The molecule has 110 valence electrons. The van der Waals surface area contributed by atoms with Gasteiger partial charge in [0, 0.05) is 12.7 Å². The number of rotatable bonds is 3. The minimum Gasteiger partial charge on any atom is -0.328 e. The van der Waals surface area contributed by atoms with Crippen molar-refractivity contribution in [3.8, 4) is 0 Å². The molecule has 1 aromatic carbocycles. The van der Waals surface area contributed by atoms with E-state index in [1.807, 2.05) is 40.4 Å². The second-order valence-electron chi connectivity index (χ2n) is 5.07. The van der Waals surface area contributed by atoms with Gasteiger partial charge in [0.15, 0.2) is 0 Å². The molecule has 0 bridgehead atoms. The predicted octanol–water partition coefficient (Wildman–Crippen LogP) is 3.65. The van der Waals surface area contributed by atoms with E-state index in [4.69, 9.17) is 0 Å². The number of nitrogens with zero attached hydrogens (tertiary/aromatic N) is 2. The third-order valence-electron chi connectivity index (χ3n) is 3.34. The smallest absolute Gasteiger partial charge is 0.289 e. The third kappa shape index (κ3) is 3.40. The normalized spacial score (nSPS) is 11.6. The van der Waals surface area contributed by atoms with Crippen molar-refractivity contribution >= 4 is 17.2 Å². The lowest BCUT2D eigenvalue weighted by Crippen LogP contribution is -2.21. The van der Waals surface area contributed by atoms with Gasteiger partial charge < -0.3 is 4.57 Å². The van der Waals surface area contributed by atoms with Crippen molar-refractivity contribution in [1.29, 1.82) is 0 Å². The molecule has 0 aliphatic carbocycles. The summed E-state index contributed by atoms with van der Waals surface area (Å²) in [7, 11) is 0. The summed E-state index contributed by atoms with van der Waals surface area (Å²) in [6.07, 6.45) is 1.94. The first-order valence-electron chi connectivity index (χ1n) is 7.06. The molecule has 22 heavy (non-hydrogen) atoms. The van der Waals surface area contributed by atoms with E-state index in [0.29, 0.717) is 16.9 Å². The second-order valence-corrected chi connectivity index (χ2v) is 6.01. The molecule has 0 aliphatic heterocycles. The Kier molecular flexibility index (Phi) is 4.30. The van der Waals surface area contributed by atoms with Crippen molar-refractivity contribution in [2.75, 3.05) is 0 Å². The molecular weight excluding hydrogens is 292 g/mol. The van der Waals surface area contributed by atoms with E-state index in [1.54, 1.807) is 6.07 Å². The van der Waals surface area contributed by atoms with Gasteiger partial charge in [0.2, 0.25) is 0 Å². The van der Waals surface area contributed by atoms with E-state index in [9.17, 15) is 4.79 Å². The van der Waals surface area contributed by atoms with Crippen LogP contribution in [0, 0.1) is 6.92 Å². The molecule has 0 unspecified atom stereocenters. The Morgan fingerprint density at radius 2 is 1.91 bits per heavy atom. The molecule has 3 nitrogen and oxygen atoms in total.